The van der Waals surface area contributed by atoms with Crippen LogP contribution in [-0.2, 0) is 11.2 Å². The van der Waals surface area contributed by atoms with Gasteiger partial charge in [0.15, 0.2) is 17.5 Å². The Morgan fingerprint density at radius 1 is 1.20 bits per heavy atom. The maximum absolute atomic E-state index is 12.9. The summed E-state index contributed by atoms with van der Waals surface area (Å²) >= 11 is 0. The zero-order chi connectivity index (χ0) is 25.5. The molecule has 2 aromatic rings. The first-order chi connectivity index (χ1) is 16.7. The smallest absolute Gasteiger partial charge is 0.343 e. The van der Waals surface area contributed by atoms with Gasteiger partial charge in [0.1, 0.15) is 12.3 Å². The van der Waals surface area contributed by atoms with E-state index in [2.05, 4.69) is 10.6 Å². The summed E-state index contributed by atoms with van der Waals surface area (Å²) in [5, 5.41) is 31.1. The van der Waals surface area contributed by atoms with Crippen LogP contribution in [-0.4, -0.2) is 52.9 Å². The zero-order valence-corrected chi connectivity index (χ0v) is 18.7. The minimum atomic E-state index is -1.29. The number of para-hydroxylation sites is 1. The van der Waals surface area contributed by atoms with Crippen LogP contribution in [0.4, 0.5) is 5.69 Å². The molecule has 1 heterocycles. The number of ether oxygens (including phenoxy) is 2. The van der Waals surface area contributed by atoms with Gasteiger partial charge in [-0.1, -0.05) is 6.07 Å². The van der Waals surface area contributed by atoms with Crippen molar-refractivity contribution < 1.29 is 34.1 Å². The number of aliphatic hydroxyl groups excluding tert-OH is 1. The minimum absolute atomic E-state index is 0.00310. The number of carboxylic acids is 1. The molecule has 0 fully saturated rings. The Labute approximate surface area is 200 Å². The number of hydrogen-bond donors (Lipinski definition) is 7. The number of aliphatic hydroxyl groups is 1. The third kappa shape index (κ3) is 6.68. The average Bonchev–Trinajstić information content (AvgIpc) is 2.79. The maximum atomic E-state index is 12.9. The van der Waals surface area contributed by atoms with Crippen LogP contribution in [0.25, 0.3) is 0 Å². The van der Waals surface area contributed by atoms with E-state index in [0.717, 1.165) is 0 Å². The van der Waals surface area contributed by atoms with Crippen molar-refractivity contribution in [2.24, 2.45) is 11.5 Å². The van der Waals surface area contributed by atoms with Crippen molar-refractivity contribution in [3.8, 4) is 11.5 Å². The highest BCUT2D eigenvalue weighted by molar-refractivity contribution is 6.00. The van der Waals surface area contributed by atoms with Gasteiger partial charge < -0.3 is 41.8 Å². The first-order valence-electron chi connectivity index (χ1n) is 10.8. The predicted octanol–water partition coefficient (Wildman–Crippen LogP) is 0.776. The van der Waals surface area contributed by atoms with Crippen molar-refractivity contribution in [2.75, 3.05) is 11.9 Å². The third-order valence-corrected chi connectivity index (χ3v) is 5.22. The van der Waals surface area contributed by atoms with Gasteiger partial charge in [0, 0.05) is 5.69 Å². The topological polar surface area (TPSA) is 210 Å². The Morgan fingerprint density at radius 3 is 2.66 bits per heavy atom. The van der Waals surface area contributed by atoms with Gasteiger partial charge in [0.25, 0.3) is 5.91 Å². The fourth-order valence-electron chi connectivity index (χ4n) is 3.58. The van der Waals surface area contributed by atoms with Crippen molar-refractivity contribution in [1.82, 2.24) is 5.32 Å². The highest BCUT2D eigenvalue weighted by atomic mass is 16.6. The van der Waals surface area contributed by atoms with Crippen LogP contribution in [0.2, 0.25) is 0 Å². The van der Waals surface area contributed by atoms with Gasteiger partial charge in [-0.2, -0.15) is 0 Å². The fraction of sp³-hybridized carbons (Fsp3) is 0.304. The lowest BCUT2D eigenvalue weighted by molar-refractivity contribution is -0.139. The first kappa shape index (κ1) is 25.5. The van der Waals surface area contributed by atoms with Crippen molar-refractivity contribution in [2.45, 2.75) is 38.0 Å². The lowest BCUT2D eigenvalue weighted by Crippen LogP contribution is -2.41. The highest BCUT2D eigenvalue weighted by Gasteiger charge is 2.26. The normalized spacial score (nSPS) is 14.7. The molecule has 0 spiro atoms. The number of aryl methyl sites for hydroxylation is 1. The van der Waals surface area contributed by atoms with E-state index < -0.39 is 30.1 Å². The molecule has 0 saturated carbocycles. The van der Waals surface area contributed by atoms with Gasteiger partial charge in [-0.25, -0.2) is 9.59 Å². The number of amides is 1. The number of guanidine groups is 1. The van der Waals surface area contributed by atoms with Gasteiger partial charge >= 0.3 is 11.9 Å². The van der Waals surface area contributed by atoms with Crippen molar-refractivity contribution >= 4 is 29.5 Å². The summed E-state index contributed by atoms with van der Waals surface area (Å²) in [7, 11) is 0. The number of benzene rings is 2. The molecule has 3 rings (SSSR count). The molecule has 2 aromatic carbocycles. The van der Waals surface area contributed by atoms with Crippen LogP contribution in [0.1, 0.15) is 45.5 Å². The molecule has 1 unspecified atom stereocenters. The Balaban J connectivity index is 1.87. The molecule has 0 aromatic heterocycles. The van der Waals surface area contributed by atoms with Crippen LogP contribution in [0.5, 0.6) is 11.5 Å². The second-order valence-corrected chi connectivity index (χ2v) is 7.89. The van der Waals surface area contributed by atoms with E-state index in [-0.39, 0.29) is 42.5 Å². The quantitative estimate of drug-likeness (QED) is 0.0962. The average molecular weight is 485 g/mol. The summed E-state index contributed by atoms with van der Waals surface area (Å²) in [5.74, 6) is -2.91. The molecule has 12 nitrogen and oxygen atoms in total. The van der Waals surface area contributed by atoms with Crippen molar-refractivity contribution in [3.63, 3.8) is 0 Å². The molecule has 0 saturated heterocycles. The van der Waals surface area contributed by atoms with E-state index in [9.17, 15) is 24.6 Å². The van der Waals surface area contributed by atoms with Gasteiger partial charge in [-0.15, -0.1) is 0 Å². The Hall–Kier alpha value is -4.16. The molecule has 186 valence electrons. The summed E-state index contributed by atoms with van der Waals surface area (Å²) in [6.07, 6.45) is -0.379. The van der Waals surface area contributed by atoms with Crippen LogP contribution in [0.15, 0.2) is 36.4 Å². The minimum Gasteiger partial charge on any atom is -0.489 e. The second kappa shape index (κ2) is 11.3. The molecule has 1 aliphatic heterocycles. The SMILES string of the molecule is N=C(N)Nc1ccc2c(c1)CCCOc1c(cccc1C(=O)N[C@@H](CCC(N)O)C(=O)O)OC2=O. The second-order valence-electron chi connectivity index (χ2n) is 7.89. The number of hydrogen-bond acceptors (Lipinski definition) is 8. The summed E-state index contributed by atoms with van der Waals surface area (Å²) in [5.41, 5.74) is 12.2. The molecular formula is C23H27N5O7. The molecule has 9 N–H and O–H groups in total. The summed E-state index contributed by atoms with van der Waals surface area (Å²) in [6.45, 7) is 0.181. The summed E-state index contributed by atoms with van der Waals surface area (Å²) in [4.78, 5) is 37.4. The van der Waals surface area contributed by atoms with E-state index in [4.69, 9.17) is 26.4 Å². The van der Waals surface area contributed by atoms with Gasteiger partial charge in [0.2, 0.25) is 0 Å². The highest BCUT2D eigenvalue weighted by Crippen LogP contribution is 2.34. The fourth-order valence-corrected chi connectivity index (χ4v) is 3.58. The Morgan fingerprint density at radius 2 is 1.97 bits per heavy atom. The zero-order valence-electron chi connectivity index (χ0n) is 18.7. The molecule has 1 amide bonds. The number of nitrogens with two attached hydrogens (primary N) is 2. The molecule has 0 bridgehead atoms. The molecule has 12 heteroatoms. The number of anilines is 1. The lowest BCUT2D eigenvalue weighted by atomic mass is 10.0. The number of aliphatic carboxylic acids is 1. The maximum Gasteiger partial charge on any atom is 0.343 e. The van der Waals surface area contributed by atoms with E-state index in [1.54, 1.807) is 18.2 Å². The van der Waals surface area contributed by atoms with Crippen LogP contribution < -0.4 is 31.6 Å². The van der Waals surface area contributed by atoms with Gasteiger partial charge in [-0.3, -0.25) is 10.2 Å². The summed E-state index contributed by atoms with van der Waals surface area (Å²) in [6, 6.07) is 7.95. The van der Waals surface area contributed by atoms with Crippen LogP contribution in [0, 0.1) is 5.41 Å². The van der Waals surface area contributed by atoms with Gasteiger partial charge in [0.05, 0.1) is 17.7 Å². The molecule has 0 radical (unpaired) electrons. The van der Waals surface area contributed by atoms with E-state index in [1.165, 1.54) is 18.2 Å². The third-order valence-electron chi connectivity index (χ3n) is 5.22. The number of fused-ring (bicyclic) bond motifs is 2. The largest absolute Gasteiger partial charge is 0.489 e. The van der Waals surface area contributed by atoms with E-state index >= 15 is 0 Å². The van der Waals surface area contributed by atoms with Crippen LogP contribution in [0.3, 0.4) is 0 Å². The molecule has 35 heavy (non-hydrogen) atoms. The monoisotopic (exact) mass is 485 g/mol. The number of carbonyl (C=O) groups excluding carboxylic acids is 2. The number of carbonyl (C=O) groups is 3. The first-order valence-corrected chi connectivity index (χ1v) is 10.8. The molecule has 2 atom stereocenters. The van der Waals surface area contributed by atoms with E-state index in [1.807, 2.05) is 0 Å². The van der Waals surface area contributed by atoms with Gasteiger partial charge in [-0.05, 0) is 61.6 Å². The van der Waals surface area contributed by atoms with Crippen molar-refractivity contribution in [1.29, 1.82) is 5.41 Å². The number of rotatable bonds is 7. The molecular weight excluding hydrogens is 458 g/mol. The Bertz CT molecular complexity index is 1140. The summed E-state index contributed by atoms with van der Waals surface area (Å²) < 4.78 is 11.3. The van der Waals surface area contributed by atoms with E-state index in [0.29, 0.717) is 29.7 Å². The predicted molar refractivity (Wildman–Crippen MR) is 126 cm³/mol. The number of nitrogens with one attached hydrogen (secondary N) is 3. The van der Waals surface area contributed by atoms with Crippen LogP contribution >= 0.6 is 0 Å². The molecule has 0 aliphatic carbocycles. The lowest BCUT2D eigenvalue weighted by Gasteiger charge is -2.20. The van der Waals surface area contributed by atoms with Crippen molar-refractivity contribution in [3.05, 3.63) is 53.1 Å². The molecule has 1 aliphatic rings. The number of carboxylic acid groups (broad SMARTS) is 1. The Kier molecular flexibility index (Phi) is 8.23. The standard InChI is InChI=1S/C23H27N5O7/c24-18(29)9-8-16(21(31)32)28-20(30)15-4-1-5-17-19(15)34-10-2-3-12-11-13(27-23(25)26)6-7-14(12)22(33)35-17/h1,4-7,11,16,18,29H,2-3,8-10,24H2,(H,28,30)(H,31,32)(H4,25,26,27)/t16-,18?/m0/s1. The number of esters is 1.